The molecular formula is C20H25N3O2. The Hall–Kier alpha value is -2.43. The number of piperidine rings is 1. The minimum absolute atomic E-state index is 0.0650. The zero-order valence-electron chi connectivity index (χ0n) is 15.4. The molecule has 1 aromatic carbocycles. The lowest BCUT2D eigenvalue weighted by atomic mass is 10.0. The van der Waals surface area contributed by atoms with Crippen LogP contribution in [0.15, 0.2) is 24.3 Å². The van der Waals surface area contributed by atoms with Crippen molar-refractivity contribution in [2.45, 2.75) is 46.6 Å². The lowest BCUT2D eigenvalue weighted by molar-refractivity contribution is 0.0515. The van der Waals surface area contributed by atoms with Crippen LogP contribution in [0.1, 0.15) is 45.7 Å². The molecule has 0 bridgehead atoms. The van der Waals surface area contributed by atoms with Gasteiger partial charge in [-0.3, -0.25) is 4.79 Å². The molecule has 132 valence electrons. The third-order valence-electron chi connectivity index (χ3n) is 4.37. The van der Waals surface area contributed by atoms with Crippen molar-refractivity contribution in [3.63, 3.8) is 0 Å². The third kappa shape index (κ3) is 4.35. The topological polar surface area (TPSA) is 55.3 Å². The number of aromatic nitrogens is 2. The van der Waals surface area contributed by atoms with Gasteiger partial charge in [0, 0.05) is 23.5 Å². The highest BCUT2D eigenvalue weighted by atomic mass is 16.5. The molecule has 1 saturated heterocycles. The summed E-state index contributed by atoms with van der Waals surface area (Å²) in [6.45, 7) is 9.23. The molecule has 1 fully saturated rings. The third-order valence-corrected chi connectivity index (χ3v) is 4.37. The molecule has 5 heteroatoms. The van der Waals surface area contributed by atoms with Gasteiger partial charge in [-0.05, 0) is 58.7 Å². The first-order valence-electron chi connectivity index (χ1n) is 8.77. The molecule has 1 aliphatic heterocycles. The van der Waals surface area contributed by atoms with E-state index in [4.69, 9.17) is 4.74 Å². The number of carbonyl (C=O) groups is 1. The summed E-state index contributed by atoms with van der Waals surface area (Å²) in [5.74, 6) is 0.0708. The van der Waals surface area contributed by atoms with Crippen molar-refractivity contribution in [3.8, 4) is 6.01 Å². The summed E-state index contributed by atoms with van der Waals surface area (Å²) < 4.78 is 5.96. The van der Waals surface area contributed by atoms with Crippen LogP contribution in [-0.2, 0) is 0 Å². The largest absolute Gasteiger partial charge is 0.458 e. The first-order chi connectivity index (χ1) is 11.9. The quantitative estimate of drug-likeness (QED) is 0.860. The van der Waals surface area contributed by atoms with Crippen LogP contribution in [0.25, 0.3) is 0 Å². The highest BCUT2D eigenvalue weighted by Gasteiger charge is 2.26. The Balaban J connectivity index is 1.71. The van der Waals surface area contributed by atoms with E-state index in [0.717, 1.165) is 47.5 Å². The normalized spacial score (nSPS) is 17.4. The maximum atomic E-state index is 12.8. The van der Waals surface area contributed by atoms with Crippen molar-refractivity contribution in [3.05, 3.63) is 52.3 Å². The summed E-state index contributed by atoms with van der Waals surface area (Å²) in [5.41, 5.74) is 4.75. The molecule has 1 aromatic heterocycles. The molecule has 2 heterocycles. The fourth-order valence-corrected chi connectivity index (χ4v) is 3.39. The van der Waals surface area contributed by atoms with E-state index >= 15 is 0 Å². The van der Waals surface area contributed by atoms with Gasteiger partial charge in [-0.2, -0.15) is 0 Å². The van der Waals surface area contributed by atoms with Gasteiger partial charge < -0.3 is 9.64 Å². The van der Waals surface area contributed by atoms with Gasteiger partial charge in [0.15, 0.2) is 0 Å². The van der Waals surface area contributed by atoms with Gasteiger partial charge >= 0.3 is 6.01 Å². The highest BCUT2D eigenvalue weighted by molar-refractivity contribution is 5.94. The number of rotatable bonds is 3. The van der Waals surface area contributed by atoms with E-state index in [0.29, 0.717) is 12.6 Å². The van der Waals surface area contributed by atoms with Gasteiger partial charge in [-0.25, -0.2) is 9.97 Å². The molecule has 5 nitrogen and oxygen atoms in total. The summed E-state index contributed by atoms with van der Waals surface area (Å²) in [6.07, 6.45) is 1.77. The zero-order chi connectivity index (χ0) is 18.0. The fourth-order valence-electron chi connectivity index (χ4n) is 3.39. The maximum Gasteiger partial charge on any atom is 0.317 e. The summed E-state index contributed by atoms with van der Waals surface area (Å²) in [6, 6.07) is 8.31. The number of amides is 1. The van der Waals surface area contributed by atoms with Gasteiger partial charge in [-0.15, -0.1) is 0 Å². The predicted molar refractivity (Wildman–Crippen MR) is 97.0 cm³/mol. The summed E-state index contributed by atoms with van der Waals surface area (Å²) in [5, 5.41) is 0. The van der Waals surface area contributed by atoms with Crippen LogP contribution < -0.4 is 4.74 Å². The highest BCUT2D eigenvalue weighted by Crippen LogP contribution is 2.19. The number of carbonyl (C=O) groups excluding carboxylic acids is 1. The summed E-state index contributed by atoms with van der Waals surface area (Å²) in [4.78, 5) is 23.4. The van der Waals surface area contributed by atoms with E-state index in [1.807, 2.05) is 50.8 Å². The molecule has 1 unspecified atom stereocenters. The first-order valence-corrected chi connectivity index (χ1v) is 8.77. The Labute approximate surface area is 149 Å². The van der Waals surface area contributed by atoms with Crippen LogP contribution in [-0.4, -0.2) is 40.0 Å². The fraction of sp³-hybridized carbons (Fsp3) is 0.450. The first kappa shape index (κ1) is 17.4. The van der Waals surface area contributed by atoms with Gasteiger partial charge in [0.25, 0.3) is 5.91 Å². The minimum atomic E-state index is -0.0650. The molecule has 1 amide bonds. The van der Waals surface area contributed by atoms with Crippen LogP contribution >= 0.6 is 0 Å². The standard InChI is InChI=1S/C20H25N3O2/c1-13-8-14(2)10-17(9-13)19(24)23-7-5-6-18(12-23)25-20-21-15(3)11-16(4)22-20/h8-11,18H,5-7,12H2,1-4H3. The van der Waals surface area contributed by atoms with Crippen molar-refractivity contribution in [2.75, 3.05) is 13.1 Å². The molecule has 0 aliphatic carbocycles. The van der Waals surface area contributed by atoms with E-state index in [2.05, 4.69) is 16.0 Å². The second-order valence-electron chi connectivity index (χ2n) is 6.94. The van der Waals surface area contributed by atoms with Crippen molar-refractivity contribution in [1.29, 1.82) is 0 Å². The monoisotopic (exact) mass is 339 g/mol. The second-order valence-corrected chi connectivity index (χ2v) is 6.94. The van der Waals surface area contributed by atoms with E-state index in [-0.39, 0.29) is 12.0 Å². The number of aryl methyl sites for hydroxylation is 4. The number of ether oxygens (including phenoxy) is 1. The second kappa shape index (κ2) is 7.21. The molecule has 25 heavy (non-hydrogen) atoms. The van der Waals surface area contributed by atoms with Gasteiger partial charge in [0.05, 0.1) is 6.54 Å². The molecule has 0 N–H and O–H groups in total. The molecule has 2 aromatic rings. The average Bonchev–Trinajstić information content (AvgIpc) is 2.52. The SMILES string of the molecule is Cc1cc(C)cc(C(=O)N2CCCC(Oc3nc(C)cc(C)n3)C2)c1. The molecule has 1 aliphatic rings. The van der Waals surface area contributed by atoms with Gasteiger partial charge in [-0.1, -0.05) is 17.2 Å². The lowest BCUT2D eigenvalue weighted by Gasteiger charge is -2.32. The molecule has 0 saturated carbocycles. The molecular weight excluding hydrogens is 314 g/mol. The van der Waals surface area contributed by atoms with E-state index in [1.54, 1.807) is 0 Å². The van der Waals surface area contributed by atoms with E-state index in [9.17, 15) is 4.79 Å². The number of benzene rings is 1. The Morgan fingerprint density at radius 3 is 2.32 bits per heavy atom. The van der Waals surface area contributed by atoms with Crippen LogP contribution in [0.5, 0.6) is 6.01 Å². The van der Waals surface area contributed by atoms with Crippen LogP contribution in [0, 0.1) is 27.7 Å². The van der Waals surface area contributed by atoms with Gasteiger partial charge in [0.2, 0.25) is 0 Å². The minimum Gasteiger partial charge on any atom is -0.458 e. The van der Waals surface area contributed by atoms with E-state index < -0.39 is 0 Å². The maximum absolute atomic E-state index is 12.8. The van der Waals surface area contributed by atoms with Crippen molar-refractivity contribution in [1.82, 2.24) is 14.9 Å². The number of nitrogens with zero attached hydrogens (tertiary/aromatic N) is 3. The van der Waals surface area contributed by atoms with Crippen molar-refractivity contribution >= 4 is 5.91 Å². The smallest absolute Gasteiger partial charge is 0.317 e. The molecule has 1 atom stereocenters. The number of hydrogen-bond acceptors (Lipinski definition) is 4. The molecule has 0 radical (unpaired) electrons. The summed E-state index contributed by atoms with van der Waals surface area (Å²) in [7, 11) is 0. The molecule has 0 spiro atoms. The Morgan fingerprint density at radius 2 is 1.68 bits per heavy atom. The zero-order valence-corrected chi connectivity index (χ0v) is 15.4. The van der Waals surface area contributed by atoms with Crippen molar-refractivity contribution < 1.29 is 9.53 Å². The number of likely N-dealkylation sites (tertiary alicyclic amines) is 1. The molecule has 3 rings (SSSR count). The Bertz CT molecular complexity index is 748. The Morgan fingerprint density at radius 1 is 1.04 bits per heavy atom. The predicted octanol–water partition coefficient (Wildman–Crippen LogP) is 3.39. The van der Waals surface area contributed by atoms with Crippen LogP contribution in [0.2, 0.25) is 0 Å². The van der Waals surface area contributed by atoms with E-state index in [1.165, 1.54) is 0 Å². The van der Waals surface area contributed by atoms with Crippen LogP contribution in [0.4, 0.5) is 0 Å². The lowest BCUT2D eigenvalue weighted by Crippen LogP contribution is -2.44. The van der Waals surface area contributed by atoms with Crippen LogP contribution in [0.3, 0.4) is 0 Å². The average molecular weight is 339 g/mol. The number of hydrogen-bond donors (Lipinski definition) is 0. The van der Waals surface area contributed by atoms with Gasteiger partial charge in [0.1, 0.15) is 6.10 Å². The van der Waals surface area contributed by atoms with Crippen molar-refractivity contribution in [2.24, 2.45) is 0 Å². The summed E-state index contributed by atoms with van der Waals surface area (Å²) >= 11 is 0. The Kier molecular flexibility index (Phi) is 5.02.